The van der Waals surface area contributed by atoms with E-state index in [9.17, 15) is 63.2 Å². The maximum Gasteiger partial charge on any atom is 0.416 e. The number of nitriles is 2. The molecule has 4 nitrogen and oxygen atoms in total. The zero-order valence-corrected chi connectivity index (χ0v) is 38.1. The normalized spacial score (nSPS) is 13.4. The Balaban J connectivity index is 1.27. The summed E-state index contributed by atoms with van der Waals surface area (Å²) in [7, 11) is 0. The van der Waals surface area contributed by atoms with Gasteiger partial charge in [-0.1, -0.05) is 91.0 Å². The second-order valence-electron chi connectivity index (χ2n) is 18.0. The van der Waals surface area contributed by atoms with Crippen LogP contribution in [0, 0.1) is 22.7 Å². The molecule has 2 aliphatic rings. The Hall–Kier alpha value is -9.02. The molecule has 0 aliphatic heterocycles. The zero-order valence-electron chi connectivity index (χ0n) is 38.1. The summed E-state index contributed by atoms with van der Waals surface area (Å²) in [6.45, 7) is 0. The molecule has 0 saturated carbocycles. The summed E-state index contributed by atoms with van der Waals surface area (Å²) in [5.74, 6) is 0. The summed E-state index contributed by atoms with van der Waals surface area (Å²) in [6.07, 6.45) is -21.0. The molecule has 0 N–H and O–H groups in total. The molecule has 1 spiro atoms. The first-order valence-corrected chi connectivity index (χ1v) is 22.7. The third-order valence-corrected chi connectivity index (χ3v) is 13.7. The van der Waals surface area contributed by atoms with E-state index in [1.807, 2.05) is 36.4 Å². The van der Waals surface area contributed by atoms with Crippen LogP contribution in [0.2, 0.25) is 0 Å². The predicted octanol–water partition coefficient (Wildman–Crippen LogP) is 17.9. The maximum atomic E-state index is 14.7. The smallest absolute Gasteiger partial charge is 0.310 e. The highest BCUT2D eigenvalue weighted by atomic mass is 19.4. The minimum atomic E-state index is -5.25. The van der Waals surface area contributed by atoms with E-state index in [1.54, 1.807) is 66.7 Å². The Morgan fingerprint density at radius 2 is 0.760 bits per heavy atom. The van der Waals surface area contributed by atoms with Crippen molar-refractivity contribution in [2.45, 2.75) is 30.1 Å². The average molecular weight is 1020 g/mol. The summed E-state index contributed by atoms with van der Waals surface area (Å²) in [5, 5.41) is 20.8. The van der Waals surface area contributed by atoms with Crippen molar-refractivity contribution < 1.29 is 52.7 Å². The number of hydrogen-bond acceptors (Lipinski definition) is 4. The summed E-state index contributed by atoms with van der Waals surface area (Å²) in [5.41, 5.74) is -3.85. The van der Waals surface area contributed by atoms with Gasteiger partial charge in [0.1, 0.15) is 0 Å². The third-order valence-electron chi connectivity index (χ3n) is 13.7. The molecule has 2 aliphatic carbocycles. The van der Waals surface area contributed by atoms with E-state index in [0.717, 1.165) is 11.1 Å². The summed E-state index contributed by atoms with van der Waals surface area (Å²) >= 11 is 0. The van der Waals surface area contributed by atoms with E-state index < -0.39 is 63.7 Å². The summed E-state index contributed by atoms with van der Waals surface area (Å²) in [4.78, 5) is 2.42. The summed E-state index contributed by atoms with van der Waals surface area (Å²) in [6, 6.07) is 45.5. The van der Waals surface area contributed by atoms with Crippen LogP contribution in [0.25, 0.3) is 33.0 Å². The van der Waals surface area contributed by atoms with Gasteiger partial charge in [-0.2, -0.15) is 63.2 Å². The van der Waals surface area contributed by atoms with Gasteiger partial charge in [0.05, 0.1) is 56.6 Å². The number of halogens is 12. The molecule has 11 rings (SSSR count). The first-order chi connectivity index (χ1) is 35.6. The van der Waals surface area contributed by atoms with Crippen LogP contribution in [0.4, 0.5) is 86.8 Å². The van der Waals surface area contributed by atoms with Gasteiger partial charge in [0.15, 0.2) is 0 Å². The molecule has 75 heavy (non-hydrogen) atoms. The molecule has 0 radical (unpaired) electrons. The zero-order chi connectivity index (χ0) is 53.0. The van der Waals surface area contributed by atoms with E-state index in [-0.39, 0.29) is 46.0 Å². The van der Waals surface area contributed by atoms with Crippen LogP contribution in [0.15, 0.2) is 182 Å². The maximum absolute atomic E-state index is 14.7. The van der Waals surface area contributed by atoms with Gasteiger partial charge in [-0.25, -0.2) is 0 Å². The van der Waals surface area contributed by atoms with Gasteiger partial charge >= 0.3 is 24.7 Å². The molecule has 0 bridgehead atoms. The van der Waals surface area contributed by atoms with Crippen LogP contribution in [-0.4, -0.2) is 0 Å². The Labute approximate surface area is 418 Å². The van der Waals surface area contributed by atoms with Gasteiger partial charge in [0, 0.05) is 33.8 Å². The second kappa shape index (κ2) is 17.0. The van der Waals surface area contributed by atoms with E-state index in [0.29, 0.717) is 68.4 Å². The number of alkyl halides is 12. The monoisotopic (exact) mass is 1020 g/mol. The minimum absolute atomic E-state index is 0.0138. The number of nitrogens with zero attached hydrogens (tertiary/aromatic N) is 4. The number of rotatable bonds is 6. The second-order valence-corrected chi connectivity index (χ2v) is 18.0. The van der Waals surface area contributed by atoms with Crippen LogP contribution in [0.5, 0.6) is 0 Å². The van der Waals surface area contributed by atoms with Gasteiger partial charge in [0.2, 0.25) is 0 Å². The highest BCUT2D eigenvalue weighted by Gasteiger charge is 2.53. The van der Waals surface area contributed by atoms with Crippen molar-refractivity contribution in [1.29, 1.82) is 10.5 Å². The Morgan fingerprint density at radius 1 is 0.333 bits per heavy atom. The van der Waals surface area contributed by atoms with Crippen molar-refractivity contribution in [2.75, 3.05) is 9.80 Å². The fourth-order valence-electron chi connectivity index (χ4n) is 10.7. The van der Waals surface area contributed by atoms with E-state index in [2.05, 4.69) is 0 Å². The molecule has 16 heteroatoms. The number of benzene rings is 9. The molecule has 0 amide bonds. The Bertz CT molecular complexity index is 3800. The number of anilines is 6. The highest BCUT2D eigenvalue weighted by molar-refractivity contribution is 6.12. The van der Waals surface area contributed by atoms with Crippen molar-refractivity contribution in [1.82, 2.24) is 0 Å². The van der Waals surface area contributed by atoms with Crippen molar-refractivity contribution in [3.8, 4) is 34.4 Å². The average Bonchev–Trinajstić information content (AvgIpc) is 4.01. The fourth-order valence-corrected chi connectivity index (χ4v) is 10.7. The van der Waals surface area contributed by atoms with Crippen LogP contribution in [0.1, 0.15) is 55.6 Å². The first kappa shape index (κ1) is 48.3. The molecule has 9 aromatic carbocycles. The van der Waals surface area contributed by atoms with Gasteiger partial charge in [0.25, 0.3) is 0 Å². The number of hydrogen-bond donors (Lipinski definition) is 0. The van der Waals surface area contributed by atoms with Gasteiger partial charge in [-0.05, 0) is 141 Å². The van der Waals surface area contributed by atoms with Crippen LogP contribution >= 0.6 is 0 Å². The van der Waals surface area contributed by atoms with Gasteiger partial charge in [-0.3, -0.25) is 0 Å². The molecule has 0 aromatic heterocycles. The highest BCUT2D eigenvalue weighted by Crippen LogP contribution is 2.66. The first-order valence-electron chi connectivity index (χ1n) is 22.7. The van der Waals surface area contributed by atoms with Crippen LogP contribution < -0.4 is 9.80 Å². The fraction of sp³-hybridized carbons (Fsp3) is 0.0847. The van der Waals surface area contributed by atoms with E-state index >= 15 is 0 Å². The van der Waals surface area contributed by atoms with Crippen molar-refractivity contribution in [3.63, 3.8) is 0 Å². The molecule has 0 fully saturated rings. The molecular weight excluding hydrogens is 993 g/mol. The lowest BCUT2D eigenvalue weighted by Crippen LogP contribution is -2.26. The third kappa shape index (κ3) is 7.87. The van der Waals surface area contributed by atoms with E-state index in [1.165, 1.54) is 64.4 Å². The molecule has 0 atom stereocenters. The quantitative estimate of drug-likeness (QED) is 0.156. The molecule has 0 heterocycles. The van der Waals surface area contributed by atoms with Crippen molar-refractivity contribution in [3.05, 3.63) is 238 Å². The standard InChI is InChI=1S/C59H30F12N4/c60-56(61,62)35-23-36(57(63,64)65)26-42(25-35)74(39-11-7-9-33(21-39)31-72)41-19-20-48-51(29-41)55(49-17-5-3-13-44(49)45-14-4-6-18-50(45)55)52-30-53(46-15-1-2-16-47(46)54(48)52)75(40-12-8-10-34(22-40)32-73)43-27-37(58(66,67)68)24-38(28-43)59(69,70)71/h1-30H. The van der Waals surface area contributed by atoms with Gasteiger partial charge in [-0.15, -0.1) is 0 Å². The van der Waals surface area contributed by atoms with Crippen molar-refractivity contribution >= 4 is 44.9 Å². The van der Waals surface area contributed by atoms with Crippen LogP contribution in [0.3, 0.4) is 0 Å². The Kier molecular flexibility index (Phi) is 11.0. The lowest BCUT2D eigenvalue weighted by Gasteiger charge is -2.34. The number of fused-ring (bicyclic) bond motifs is 12. The molecular formula is C59H30F12N4. The lowest BCUT2D eigenvalue weighted by atomic mass is 9.70. The topological polar surface area (TPSA) is 54.1 Å². The minimum Gasteiger partial charge on any atom is -0.310 e. The SMILES string of the molecule is N#Cc1cccc(N(c2cc(C(F)(F)F)cc(C(F)(F)F)c2)c2ccc3c(c2)C2(c4ccccc4-c4ccccc42)c2cc(N(c4cccc(C#N)c4)c4cc(C(F)(F)F)cc(C(F)(F)F)c4)c4ccccc4c2-3)c1. The largest absolute Gasteiger partial charge is 0.416 e. The van der Waals surface area contributed by atoms with Crippen LogP contribution in [-0.2, 0) is 30.1 Å². The molecule has 0 unspecified atom stereocenters. The molecule has 370 valence electrons. The molecule has 9 aromatic rings. The Morgan fingerprint density at radius 3 is 1.24 bits per heavy atom. The summed E-state index contributed by atoms with van der Waals surface area (Å²) < 4.78 is 176. The van der Waals surface area contributed by atoms with E-state index in [4.69, 9.17) is 0 Å². The lowest BCUT2D eigenvalue weighted by molar-refractivity contribution is -0.144. The van der Waals surface area contributed by atoms with Crippen molar-refractivity contribution in [2.24, 2.45) is 0 Å². The van der Waals surface area contributed by atoms with Gasteiger partial charge < -0.3 is 9.80 Å². The molecule has 0 saturated heterocycles. The predicted molar refractivity (Wildman–Crippen MR) is 259 cm³/mol.